The quantitative estimate of drug-likeness (QED) is 0.557. The van der Waals surface area contributed by atoms with Crippen molar-refractivity contribution in [3.05, 3.63) is 12.2 Å². The zero-order chi connectivity index (χ0) is 16.3. The van der Waals surface area contributed by atoms with Gasteiger partial charge in [-0.1, -0.05) is 20.8 Å². The molecule has 0 spiro atoms. The Bertz CT molecular complexity index is 386. The van der Waals surface area contributed by atoms with Gasteiger partial charge in [0.15, 0.2) is 14.1 Å². The number of hydrogen-bond donors (Lipinski definition) is 0. The summed E-state index contributed by atoms with van der Waals surface area (Å²) in [6, 6.07) is 0. The number of methoxy groups -OCH3 is 2. The molecular weight excluding hydrogens is 288 g/mol. The van der Waals surface area contributed by atoms with Crippen LogP contribution in [0.5, 0.6) is 0 Å². The van der Waals surface area contributed by atoms with Crippen LogP contribution < -0.4 is 0 Å². The smallest absolute Gasteiger partial charge is 0.192 e. The van der Waals surface area contributed by atoms with Crippen molar-refractivity contribution in [1.29, 1.82) is 0 Å². The fraction of sp³-hybridized carbons (Fsp3) is 0.800. The first-order chi connectivity index (χ1) is 9.64. The largest absolute Gasteiger partial charge is 0.408 e. The summed E-state index contributed by atoms with van der Waals surface area (Å²) < 4.78 is 22.3. The summed E-state index contributed by atoms with van der Waals surface area (Å²) >= 11 is 0. The Morgan fingerprint density at radius 1 is 1.24 bits per heavy atom. The minimum Gasteiger partial charge on any atom is -0.408 e. The molecule has 0 aromatic rings. The second-order valence-electron chi connectivity index (χ2n) is 6.80. The van der Waals surface area contributed by atoms with Gasteiger partial charge in [0.05, 0.1) is 0 Å². The zero-order valence-corrected chi connectivity index (χ0v) is 15.1. The lowest BCUT2D eigenvalue weighted by molar-refractivity contribution is -0.148. The summed E-state index contributed by atoms with van der Waals surface area (Å²) in [4.78, 5) is 12.0. The molecule has 1 rings (SSSR count). The van der Waals surface area contributed by atoms with E-state index in [1.807, 2.05) is 0 Å². The summed E-state index contributed by atoms with van der Waals surface area (Å²) in [5.74, 6) is -0.0847. The lowest BCUT2D eigenvalue weighted by atomic mass is 9.97. The van der Waals surface area contributed by atoms with Gasteiger partial charge in [0.2, 0.25) is 0 Å². The summed E-state index contributed by atoms with van der Waals surface area (Å²) in [7, 11) is 1.04. The Kier molecular flexibility index (Phi) is 6.31. The zero-order valence-electron chi connectivity index (χ0n) is 14.1. The Balaban J connectivity index is 2.99. The maximum atomic E-state index is 12.0. The maximum absolute atomic E-state index is 12.0. The van der Waals surface area contributed by atoms with Crippen LogP contribution in [-0.4, -0.2) is 53.4 Å². The first-order valence-corrected chi connectivity index (χ1v) is 10.1. The van der Waals surface area contributed by atoms with Crippen LogP contribution >= 0.6 is 0 Å². The number of carbonyl (C=O) groups is 1. The SMILES string of the molecule is COCO[C@@H]1C=CC(=O)[C@H](OC)[C@H]1O[Si](C)(C)C(C)(C)C. The highest BCUT2D eigenvalue weighted by atomic mass is 28.4. The van der Waals surface area contributed by atoms with Crippen LogP contribution in [0.4, 0.5) is 0 Å². The monoisotopic (exact) mass is 316 g/mol. The number of hydrogen-bond acceptors (Lipinski definition) is 5. The molecule has 0 radical (unpaired) electrons. The third-order valence-corrected chi connectivity index (χ3v) is 8.70. The van der Waals surface area contributed by atoms with E-state index >= 15 is 0 Å². The van der Waals surface area contributed by atoms with Gasteiger partial charge >= 0.3 is 0 Å². The van der Waals surface area contributed by atoms with Gasteiger partial charge in [-0.2, -0.15) is 0 Å². The second kappa shape index (κ2) is 7.15. The minimum absolute atomic E-state index is 0.0430. The van der Waals surface area contributed by atoms with E-state index in [0.29, 0.717) is 0 Å². The van der Waals surface area contributed by atoms with E-state index in [9.17, 15) is 4.79 Å². The minimum atomic E-state index is -2.05. The summed E-state index contributed by atoms with van der Waals surface area (Å²) in [6.07, 6.45) is 1.81. The Morgan fingerprint density at radius 3 is 2.33 bits per heavy atom. The lowest BCUT2D eigenvalue weighted by Gasteiger charge is -2.43. The molecule has 0 N–H and O–H groups in total. The maximum Gasteiger partial charge on any atom is 0.192 e. The third kappa shape index (κ3) is 4.47. The number of carbonyl (C=O) groups excluding carboxylic acids is 1. The standard InChI is InChI=1S/C15H28O5Si/c1-15(2,3)21(6,7)20-14-12(19-10-17-4)9-8-11(16)13(14)18-5/h8-9,12-14H,10H2,1-7H3/t12-,13+,14+/m1/s1. The van der Waals surface area contributed by atoms with Crippen molar-refractivity contribution in [2.45, 2.75) is 57.2 Å². The summed E-state index contributed by atoms with van der Waals surface area (Å²) in [5, 5.41) is 0.0430. The van der Waals surface area contributed by atoms with Crippen LogP contribution in [0, 0.1) is 0 Å². The van der Waals surface area contributed by atoms with Gasteiger partial charge in [-0.25, -0.2) is 0 Å². The number of rotatable bonds is 6. The molecular formula is C15H28O5Si. The molecule has 21 heavy (non-hydrogen) atoms. The van der Waals surface area contributed by atoms with Crippen LogP contribution in [0.15, 0.2) is 12.2 Å². The molecule has 1 aliphatic rings. The van der Waals surface area contributed by atoms with Crippen LogP contribution in [0.2, 0.25) is 18.1 Å². The molecule has 0 saturated carbocycles. The molecule has 122 valence electrons. The Labute approximate surface area is 128 Å². The molecule has 6 heteroatoms. The van der Waals surface area contributed by atoms with Crippen LogP contribution in [0.1, 0.15) is 20.8 Å². The van der Waals surface area contributed by atoms with Crippen molar-refractivity contribution in [3.63, 3.8) is 0 Å². The number of ether oxygens (including phenoxy) is 3. The third-order valence-electron chi connectivity index (χ3n) is 4.22. The van der Waals surface area contributed by atoms with Crippen LogP contribution in [0.3, 0.4) is 0 Å². The van der Waals surface area contributed by atoms with E-state index in [-0.39, 0.29) is 23.7 Å². The molecule has 0 aromatic carbocycles. The van der Waals surface area contributed by atoms with Gasteiger partial charge < -0.3 is 18.6 Å². The van der Waals surface area contributed by atoms with E-state index in [1.54, 1.807) is 13.2 Å². The first kappa shape index (κ1) is 18.5. The Hall–Kier alpha value is -0.533. The molecule has 3 atom stereocenters. The van der Waals surface area contributed by atoms with Crippen molar-refractivity contribution >= 4 is 14.1 Å². The van der Waals surface area contributed by atoms with Crippen molar-refractivity contribution in [2.24, 2.45) is 0 Å². The molecule has 0 aliphatic heterocycles. The molecule has 0 bridgehead atoms. The van der Waals surface area contributed by atoms with Gasteiger partial charge in [0, 0.05) is 14.2 Å². The van der Waals surface area contributed by atoms with Crippen LogP contribution in [-0.2, 0) is 23.4 Å². The van der Waals surface area contributed by atoms with Gasteiger partial charge in [-0.15, -0.1) is 0 Å². The highest BCUT2D eigenvalue weighted by Crippen LogP contribution is 2.39. The highest BCUT2D eigenvalue weighted by molar-refractivity contribution is 6.74. The molecule has 0 amide bonds. The lowest BCUT2D eigenvalue weighted by Crippen LogP contribution is -2.55. The van der Waals surface area contributed by atoms with E-state index in [2.05, 4.69) is 33.9 Å². The molecule has 0 saturated heterocycles. The predicted molar refractivity (Wildman–Crippen MR) is 83.8 cm³/mol. The second-order valence-corrected chi connectivity index (χ2v) is 11.6. The van der Waals surface area contributed by atoms with E-state index in [0.717, 1.165) is 0 Å². The Morgan fingerprint density at radius 2 is 1.86 bits per heavy atom. The highest BCUT2D eigenvalue weighted by Gasteiger charge is 2.45. The van der Waals surface area contributed by atoms with Gasteiger partial charge in [-0.3, -0.25) is 4.79 Å². The van der Waals surface area contributed by atoms with E-state index in [4.69, 9.17) is 18.6 Å². The van der Waals surface area contributed by atoms with Crippen LogP contribution in [0.25, 0.3) is 0 Å². The average Bonchev–Trinajstić information content (AvgIpc) is 2.36. The van der Waals surface area contributed by atoms with E-state index < -0.39 is 20.5 Å². The molecule has 0 fully saturated rings. The van der Waals surface area contributed by atoms with Gasteiger partial charge in [-0.05, 0) is 30.3 Å². The first-order valence-electron chi connectivity index (χ1n) is 7.17. The van der Waals surface area contributed by atoms with Crippen molar-refractivity contribution in [2.75, 3.05) is 21.0 Å². The van der Waals surface area contributed by atoms with Crippen molar-refractivity contribution < 1.29 is 23.4 Å². The fourth-order valence-electron chi connectivity index (χ4n) is 1.92. The molecule has 0 heterocycles. The summed E-state index contributed by atoms with van der Waals surface area (Å²) in [5.41, 5.74) is 0. The molecule has 1 aliphatic carbocycles. The topological polar surface area (TPSA) is 54.0 Å². The van der Waals surface area contributed by atoms with Gasteiger partial charge in [0.1, 0.15) is 25.1 Å². The normalized spacial score (nSPS) is 27.2. The average molecular weight is 316 g/mol. The van der Waals surface area contributed by atoms with Gasteiger partial charge in [0.25, 0.3) is 0 Å². The fourth-order valence-corrected chi connectivity index (χ4v) is 3.21. The van der Waals surface area contributed by atoms with Crippen molar-refractivity contribution in [3.8, 4) is 0 Å². The van der Waals surface area contributed by atoms with Crippen molar-refractivity contribution in [1.82, 2.24) is 0 Å². The molecule has 0 unspecified atom stereocenters. The molecule has 0 aromatic heterocycles. The summed E-state index contributed by atoms with van der Waals surface area (Å²) in [6.45, 7) is 10.9. The predicted octanol–water partition coefficient (Wildman–Crippen LogP) is 2.52. The number of ketones is 1. The van der Waals surface area contributed by atoms with E-state index in [1.165, 1.54) is 13.2 Å². The molecule has 5 nitrogen and oxygen atoms in total.